The number of anilines is 1. The van der Waals surface area contributed by atoms with Gasteiger partial charge in [0.05, 0.1) is 77.2 Å². The number of carbonyl (C=O) groups is 7. The van der Waals surface area contributed by atoms with Gasteiger partial charge in [-0.25, -0.2) is 4.68 Å². The van der Waals surface area contributed by atoms with Crippen molar-refractivity contribution < 1.29 is 74.4 Å². The highest BCUT2D eigenvalue weighted by Gasteiger charge is 2.58. The van der Waals surface area contributed by atoms with Crippen molar-refractivity contribution in [3.63, 3.8) is 0 Å². The van der Waals surface area contributed by atoms with Crippen LogP contribution in [0.3, 0.4) is 0 Å². The van der Waals surface area contributed by atoms with E-state index in [2.05, 4.69) is 80.3 Å². The Morgan fingerprint density at radius 1 is 0.685 bits per heavy atom. The van der Waals surface area contributed by atoms with Gasteiger partial charge in [0.2, 0.25) is 0 Å². The van der Waals surface area contributed by atoms with Crippen molar-refractivity contribution in [3.8, 4) is 28.4 Å². The third kappa shape index (κ3) is 25.5. The van der Waals surface area contributed by atoms with Gasteiger partial charge in [0.25, 0.3) is 5.91 Å². The molecular formula is C66H111N11O15. The highest BCUT2D eigenvalue weighted by atomic mass is 16.5. The fourth-order valence-electron chi connectivity index (χ4n) is 12.8. The maximum Gasteiger partial charge on any atom is 0.317 e. The van der Waals surface area contributed by atoms with Gasteiger partial charge in [-0.15, -0.1) is 0 Å². The highest BCUT2D eigenvalue weighted by molar-refractivity contribution is 5.97. The molecule has 3 aromatic rings. The molecule has 2 aromatic carbocycles. The van der Waals surface area contributed by atoms with Crippen molar-refractivity contribution >= 4 is 48.7 Å². The molecule has 1 aliphatic heterocycles. The van der Waals surface area contributed by atoms with Gasteiger partial charge in [0, 0.05) is 93.8 Å². The van der Waals surface area contributed by atoms with E-state index in [4.69, 9.17) is 50.2 Å². The number of amides is 1. The first-order chi connectivity index (χ1) is 44.3. The van der Waals surface area contributed by atoms with Crippen molar-refractivity contribution in [2.45, 2.75) is 70.3 Å². The van der Waals surface area contributed by atoms with Crippen LogP contribution in [0.25, 0.3) is 16.9 Å². The molecule has 520 valence electrons. The molecule has 4 bridgehead atoms. The molecule has 5 fully saturated rings. The Morgan fingerprint density at radius 3 is 1.63 bits per heavy atom. The number of rotatable bonds is 32. The molecule has 1 saturated heterocycles. The molecule has 26 nitrogen and oxygen atoms in total. The number of carbonyl (C=O) groups excluding carboxylic acids is 5. The molecule has 2 heterocycles. The summed E-state index contributed by atoms with van der Waals surface area (Å²) >= 11 is 0. The van der Waals surface area contributed by atoms with E-state index in [0.29, 0.717) is 120 Å². The second-order valence-corrected chi connectivity index (χ2v) is 24.2. The summed E-state index contributed by atoms with van der Waals surface area (Å²) in [6.07, 6.45) is 10.9. The molecule has 1 amide bonds. The van der Waals surface area contributed by atoms with Gasteiger partial charge in [-0.3, -0.25) is 34.0 Å². The second kappa shape index (κ2) is 43.6. The van der Waals surface area contributed by atoms with Crippen molar-refractivity contribution in [1.82, 2.24) is 44.5 Å². The number of ether oxygens (including phenoxy) is 4. The molecule has 7 N–H and O–H groups in total. The number of benzene rings is 2. The van der Waals surface area contributed by atoms with Gasteiger partial charge in [-0.1, -0.05) is 19.9 Å². The summed E-state index contributed by atoms with van der Waals surface area (Å²) < 4.78 is 23.3. The van der Waals surface area contributed by atoms with Gasteiger partial charge in [0.1, 0.15) is 48.8 Å². The molecule has 8 rings (SSSR count). The third-order valence-electron chi connectivity index (χ3n) is 17.3. The van der Waals surface area contributed by atoms with E-state index in [1.807, 2.05) is 38.7 Å². The summed E-state index contributed by atoms with van der Waals surface area (Å²) in [6, 6.07) is 14.0. The largest absolute Gasteiger partial charge is 0.496 e. The van der Waals surface area contributed by atoms with Crippen molar-refractivity contribution in [1.29, 1.82) is 0 Å². The van der Waals surface area contributed by atoms with Crippen LogP contribution in [-0.4, -0.2) is 302 Å². The number of nitrogens with zero attached hydrogens (tertiary/aromatic N) is 9. The molecule has 1 aromatic heterocycles. The summed E-state index contributed by atoms with van der Waals surface area (Å²) in [4.78, 5) is 95.2. The Balaban J connectivity index is 0.000000598. The van der Waals surface area contributed by atoms with Crippen LogP contribution < -0.4 is 25.4 Å². The number of nitrogens with two attached hydrogens (primary N) is 1. The van der Waals surface area contributed by atoms with E-state index in [0.717, 1.165) is 115 Å². The van der Waals surface area contributed by atoms with E-state index in [-0.39, 0.29) is 63.6 Å². The van der Waals surface area contributed by atoms with Crippen LogP contribution in [0.15, 0.2) is 42.5 Å². The molecule has 5 aliphatic rings. The van der Waals surface area contributed by atoms with Gasteiger partial charge >= 0.3 is 11.9 Å². The van der Waals surface area contributed by atoms with E-state index >= 15 is 0 Å². The monoisotopic (exact) mass is 1300 g/mol. The topological polar surface area (TPSA) is 316 Å². The van der Waals surface area contributed by atoms with Crippen LogP contribution >= 0.6 is 0 Å². The van der Waals surface area contributed by atoms with Crippen LogP contribution in [0.4, 0.5) is 5.69 Å². The van der Waals surface area contributed by atoms with Crippen LogP contribution in [0.2, 0.25) is 0 Å². The van der Waals surface area contributed by atoms with Crippen molar-refractivity contribution in [3.05, 3.63) is 53.7 Å². The van der Waals surface area contributed by atoms with Gasteiger partial charge in [0.15, 0.2) is 5.69 Å². The summed E-state index contributed by atoms with van der Waals surface area (Å²) in [7, 11) is 13.9. The fraction of sp³-hybridized carbons (Fsp3) is 0.667. The lowest BCUT2D eigenvalue weighted by molar-refractivity contribution is -0.139. The number of carboxylic acids is 2. The Kier molecular flexibility index (Phi) is 37.9. The summed E-state index contributed by atoms with van der Waals surface area (Å²) in [5.41, 5.74) is 9.11. The number of aldehydes is 4. The number of methoxy groups -OCH3 is 2. The molecule has 0 atom stereocenters. The lowest BCUT2D eigenvalue weighted by Crippen LogP contribution is -2.67. The van der Waals surface area contributed by atoms with E-state index in [9.17, 15) is 33.6 Å². The minimum absolute atomic E-state index is 0. The van der Waals surface area contributed by atoms with E-state index < -0.39 is 17.5 Å². The van der Waals surface area contributed by atoms with Gasteiger partial charge in [-0.2, -0.15) is 5.10 Å². The number of aliphatic hydroxyl groups is 2. The van der Waals surface area contributed by atoms with Crippen molar-refractivity contribution in [2.75, 3.05) is 199 Å². The maximum absolute atomic E-state index is 14.3. The maximum atomic E-state index is 14.3. The first-order valence-corrected chi connectivity index (χ1v) is 32.0. The number of hydrogen-bond donors (Lipinski definition) is 6. The number of aliphatic carboxylic acids is 2. The Hall–Kier alpha value is -6.30. The van der Waals surface area contributed by atoms with E-state index in [1.54, 1.807) is 24.0 Å². The number of aliphatic hydroxyl groups excluding tert-OH is 2. The first-order valence-electron chi connectivity index (χ1n) is 32.0. The van der Waals surface area contributed by atoms with Gasteiger partial charge < -0.3 is 84.3 Å². The molecule has 4 aliphatic carbocycles. The lowest BCUT2D eigenvalue weighted by atomic mass is 9.49. The smallest absolute Gasteiger partial charge is 0.317 e. The quantitative estimate of drug-likeness (QED) is 0.0387. The zero-order valence-electron chi connectivity index (χ0n) is 56.4. The van der Waals surface area contributed by atoms with Crippen LogP contribution in [0.1, 0.15) is 82.2 Å². The predicted octanol–water partition coefficient (Wildman–Crippen LogP) is 2.93. The predicted molar refractivity (Wildman–Crippen MR) is 356 cm³/mol. The average Bonchev–Trinajstić information content (AvgIpc) is 1.24. The number of nitrogens with one attached hydrogen (secondary N) is 1. The Morgan fingerprint density at radius 2 is 1.18 bits per heavy atom. The number of aromatic nitrogens is 2. The minimum atomic E-state index is -0.923. The summed E-state index contributed by atoms with van der Waals surface area (Å²) in [5, 5.41) is 40.5. The molecular weight excluding hydrogens is 1190 g/mol. The van der Waals surface area contributed by atoms with Crippen LogP contribution in [0.5, 0.6) is 11.5 Å². The van der Waals surface area contributed by atoms with Crippen molar-refractivity contribution in [2.24, 2.45) is 29.4 Å². The molecule has 0 radical (unpaired) electrons. The molecule has 26 heteroatoms. The average molecular weight is 1300 g/mol. The molecule has 4 saturated carbocycles. The third-order valence-corrected chi connectivity index (χ3v) is 17.3. The molecule has 0 unspecified atom stereocenters. The number of carboxylic acid groups (broad SMARTS) is 2. The Labute approximate surface area is 546 Å². The zero-order valence-corrected chi connectivity index (χ0v) is 56.4. The highest BCUT2D eigenvalue weighted by Crippen LogP contribution is 2.57. The first kappa shape index (κ1) is 79.9. The van der Waals surface area contributed by atoms with Crippen LogP contribution in [0, 0.1) is 23.7 Å². The summed E-state index contributed by atoms with van der Waals surface area (Å²) in [5.74, 6) is 0.956. The number of hydrogen-bond acceptors (Lipinski definition) is 22. The minimum Gasteiger partial charge on any atom is -0.496 e. The van der Waals surface area contributed by atoms with Crippen LogP contribution in [-0.2, 0) is 38.2 Å². The standard InChI is InChI=1S/C42H60N6O4.C16H28N4O6.C6H13NO3.2CH4O.H2/c1-28(2)34-25-33(47(6)19-11-18-46(5)17-10-16-45(3)4)14-15-36(34)48-37(40-38(51-7)12-9-13-39(40)52-8)26-35(44-48)41(50)43-42(27-49)31-21-29-20-30(23-31)24-32(42)22-29;21-11-9-17-1-5-19(13-15(23)24)7-3-18(10-12-22)4-8-20(6-2-17)14-16(25)26;7-1-3-9-5-6-10-4-2-8;2*1-2;/h9,12-15,25-32H,10-11,16-24H2,1-8H3,(H,43,50);11-12H,1-10,13-14H2,(H,23,24)(H,25,26);2H,1,3-7H2;2*2H,1H3;1H. The Bertz CT molecular complexity index is 2560. The SMILES string of the molecule is CO.CO.COc1cccc(OC)c1-c1cc(C(=O)NC2(C=O)C3CC4CC(C3)CC2C4)nn1-c1ccc(N(C)CCCN(C)CCCN(C)C)cc1C(C)C.NCCOCCOCC=O.O=CCN1CCN(CC(=O)O)CCN(CC=O)CCN(CC(=O)O)CC1.[HH]. The van der Waals surface area contributed by atoms with E-state index in [1.165, 1.54) is 6.42 Å². The molecule has 92 heavy (non-hydrogen) atoms. The molecule has 0 spiro atoms. The normalized spacial score (nSPS) is 20.1. The summed E-state index contributed by atoms with van der Waals surface area (Å²) in [6.45, 7) is 14.9. The fourth-order valence-corrected chi connectivity index (χ4v) is 12.8. The lowest BCUT2D eigenvalue weighted by Gasteiger charge is -2.59. The van der Waals surface area contributed by atoms with Gasteiger partial charge in [-0.05, 0) is 157 Å². The second-order valence-electron chi connectivity index (χ2n) is 24.2. The zero-order chi connectivity index (χ0) is 68.2.